The van der Waals surface area contributed by atoms with Crippen molar-refractivity contribution in [2.75, 3.05) is 0 Å². The molecule has 0 bridgehead atoms. The Morgan fingerprint density at radius 2 is 1.05 bits per heavy atom. The maximum Gasteiger partial charge on any atom is 0.143 e. The summed E-state index contributed by atoms with van der Waals surface area (Å²) in [7, 11) is 0. The number of halogens is 1. The highest BCUT2D eigenvalue weighted by molar-refractivity contribution is 6.37. The third-order valence-corrected chi connectivity index (χ3v) is 7.88. The van der Waals surface area contributed by atoms with Crippen molar-refractivity contribution in [3.8, 4) is 33.4 Å². The van der Waals surface area contributed by atoms with Gasteiger partial charge in [-0.2, -0.15) is 0 Å². The molecule has 0 unspecified atom stereocenters. The molecule has 0 N–H and O–H groups in total. The van der Waals surface area contributed by atoms with Gasteiger partial charge in [0.05, 0.1) is 5.02 Å². The first-order valence-electron chi connectivity index (χ1n) is 13.0. The Hall–Kier alpha value is -4.79. The van der Waals surface area contributed by atoms with E-state index in [0.717, 1.165) is 77.3 Å². The predicted molar refractivity (Wildman–Crippen MR) is 162 cm³/mol. The molecular formula is C36H21ClO2. The van der Waals surface area contributed by atoms with Crippen LogP contribution >= 0.6 is 11.6 Å². The molecule has 0 aliphatic heterocycles. The number of benzene rings is 6. The molecule has 0 saturated carbocycles. The van der Waals surface area contributed by atoms with Crippen LogP contribution in [0.25, 0.3) is 77.3 Å². The minimum Gasteiger partial charge on any atom is -0.456 e. The van der Waals surface area contributed by atoms with Gasteiger partial charge in [0.1, 0.15) is 22.3 Å². The van der Waals surface area contributed by atoms with Gasteiger partial charge in [0, 0.05) is 32.7 Å². The smallest absolute Gasteiger partial charge is 0.143 e. The normalized spacial score (nSPS) is 11.7. The van der Waals surface area contributed by atoms with Crippen molar-refractivity contribution in [2.45, 2.75) is 0 Å². The van der Waals surface area contributed by atoms with Crippen LogP contribution in [-0.4, -0.2) is 0 Å². The highest BCUT2D eigenvalue weighted by Gasteiger charge is 2.16. The third kappa shape index (κ3) is 3.49. The molecule has 39 heavy (non-hydrogen) atoms. The fraction of sp³-hybridized carbons (Fsp3) is 0. The van der Waals surface area contributed by atoms with Crippen molar-refractivity contribution in [1.82, 2.24) is 0 Å². The minimum absolute atomic E-state index is 0.698. The van der Waals surface area contributed by atoms with Crippen LogP contribution in [0.4, 0.5) is 0 Å². The lowest BCUT2D eigenvalue weighted by Gasteiger charge is -2.07. The summed E-state index contributed by atoms with van der Waals surface area (Å²) in [6.45, 7) is 0. The minimum atomic E-state index is 0.698. The molecule has 0 radical (unpaired) electrons. The van der Waals surface area contributed by atoms with Crippen LogP contribution in [-0.2, 0) is 0 Å². The Balaban J connectivity index is 1.29. The number of hydrogen-bond donors (Lipinski definition) is 0. The Bertz CT molecular complexity index is 2180. The second-order valence-corrected chi connectivity index (χ2v) is 10.2. The predicted octanol–water partition coefficient (Wildman–Crippen LogP) is 11.1. The number of para-hydroxylation sites is 2. The molecule has 184 valence electrons. The Labute approximate surface area is 229 Å². The average molecular weight is 521 g/mol. The number of rotatable bonds is 3. The van der Waals surface area contributed by atoms with Gasteiger partial charge in [0.2, 0.25) is 0 Å². The highest BCUT2D eigenvalue weighted by atomic mass is 35.5. The molecule has 2 nitrogen and oxygen atoms in total. The van der Waals surface area contributed by atoms with Crippen LogP contribution in [0.1, 0.15) is 0 Å². The molecule has 0 atom stereocenters. The van der Waals surface area contributed by atoms with E-state index in [4.69, 9.17) is 20.4 Å². The molecule has 8 aromatic rings. The summed E-state index contributed by atoms with van der Waals surface area (Å²) in [5.74, 6) is 0. The lowest BCUT2D eigenvalue weighted by Crippen LogP contribution is -1.82. The van der Waals surface area contributed by atoms with E-state index in [1.807, 2.05) is 30.3 Å². The number of hydrogen-bond acceptors (Lipinski definition) is 2. The molecule has 3 heteroatoms. The lowest BCUT2D eigenvalue weighted by molar-refractivity contribution is 0.669. The van der Waals surface area contributed by atoms with E-state index >= 15 is 0 Å². The van der Waals surface area contributed by atoms with Crippen molar-refractivity contribution in [2.24, 2.45) is 0 Å². The van der Waals surface area contributed by atoms with Crippen molar-refractivity contribution < 1.29 is 8.83 Å². The zero-order chi connectivity index (χ0) is 25.9. The summed E-state index contributed by atoms with van der Waals surface area (Å²) in [4.78, 5) is 0. The van der Waals surface area contributed by atoms with Gasteiger partial charge in [-0.05, 0) is 52.6 Å². The van der Waals surface area contributed by atoms with Crippen LogP contribution in [0.15, 0.2) is 136 Å². The van der Waals surface area contributed by atoms with Crippen LogP contribution in [0.5, 0.6) is 0 Å². The van der Waals surface area contributed by atoms with Crippen molar-refractivity contribution >= 4 is 55.5 Å². The van der Waals surface area contributed by atoms with Crippen molar-refractivity contribution in [3.05, 3.63) is 132 Å². The van der Waals surface area contributed by atoms with Crippen molar-refractivity contribution in [1.29, 1.82) is 0 Å². The summed E-state index contributed by atoms with van der Waals surface area (Å²) < 4.78 is 12.7. The van der Waals surface area contributed by atoms with Gasteiger partial charge >= 0.3 is 0 Å². The summed E-state index contributed by atoms with van der Waals surface area (Å²) in [5.41, 5.74) is 10.1. The first kappa shape index (κ1) is 22.2. The van der Waals surface area contributed by atoms with E-state index in [0.29, 0.717) is 5.02 Å². The van der Waals surface area contributed by atoms with Gasteiger partial charge < -0.3 is 8.83 Å². The van der Waals surface area contributed by atoms with E-state index in [9.17, 15) is 0 Å². The maximum absolute atomic E-state index is 6.65. The second kappa shape index (κ2) is 8.62. The molecular weight excluding hydrogens is 500 g/mol. The summed E-state index contributed by atoms with van der Waals surface area (Å²) in [6.07, 6.45) is 0. The first-order chi connectivity index (χ1) is 19.2. The zero-order valence-corrected chi connectivity index (χ0v) is 21.6. The highest BCUT2D eigenvalue weighted by Crippen LogP contribution is 2.41. The van der Waals surface area contributed by atoms with E-state index in [1.165, 1.54) is 0 Å². The molecule has 0 fully saturated rings. The average Bonchev–Trinajstić information content (AvgIpc) is 3.56. The monoisotopic (exact) mass is 520 g/mol. The largest absolute Gasteiger partial charge is 0.456 e. The third-order valence-electron chi connectivity index (χ3n) is 7.56. The Morgan fingerprint density at radius 3 is 1.85 bits per heavy atom. The van der Waals surface area contributed by atoms with E-state index in [-0.39, 0.29) is 0 Å². The van der Waals surface area contributed by atoms with Crippen LogP contribution in [0.2, 0.25) is 5.02 Å². The molecule has 0 saturated heterocycles. The Kier molecular flexibility index (Phi) is 4.91. The second-order valence-electron chi connectivity index (χ2n) is 9.84. The SMILES string of the molecule is Clc1cccc2oc3ccc(-c4cccc(-c5cccc6c5oc5c(-c7ccccc7)cccc56)c4)cc3c12. The van der Waals surface area contributed by atoms with E-state index in [2.05, 4.69) is 97.1 Å². The number of fused-ring (bicyclic) bond motifs is 6. The molecule has 6 aromatic carbocycles. The molecule has 8 rings (SSSR count). The summed E-state index contributed by atoms with van der Waals surface area (Å²) >= 11 is 6.55. The van der Waals surface area contributed by atoms with Crippen LogP contribution in [0, 0.1) is 0 Å². The van der Waals surface area contributed by atoms with Crippen LogP contribution in [0.3, 0.4) is 0 Å². The molecule has 0 aliphatic rings. The van der Waals surface area contributed by atoms with Crippen molar-refractivity contribution in [3.63, 3.8) is 0 Å². The molecule has 0 aliphatic carbocycles. The molecule has 2 heterocycles. The fourth-order valence-corrected chi connectivity index (χ4v) is 5.99. The quantitative estimate of drug-likeness (QED) is 0.231. The fourth-order valence-electron chi connectivity index (χ4n) is 5.72. The van der Waals surface area contributed by atoms with Gasteiger partial charge in [0.25, 0.3) is 0 Å². The molecule has 0 amide bonds. The van der Waals surface area contributed by atoms with E-state index < -0.39 is 0 Å². The van der Waals surface area contributed by atoms with E-state index in [1.54, 1.807) is 0 Å². The first-order valence-corrected chi connectivity index (χ1v) is 13.3. The topological polar surface area (TPSA) is 26.3 Å². The van der Waals surface area contributed by atoms with Gasteiger partial charge in [-0.25, -0.2) is 0 Å². The molecule has 2 aromatic heterocycles. The van der Waals surface area contributed by atoms with Gasteiger partial charge in [-0.1, -0.05) is 109 Å². The van der Waals surface area contributed by atoms with Crippen LogP contribution < -0.4 is 0 Å². The zero-order valence-electron chi connectivity index (χ0n) is 20.8. The molecule has 0 spiro atoms. The number of furan rings is 2. The standard InChI is InChI=1S/C36H21ClO2/c37-31-16-7-17-33-34(31)30-21-24(18-19-32(30)38-33)23-10-4-11-25(20-23)27-13-6-15-29-28-14-5-12-26(35(28)39-36(27)29)22-8-2-1-3-9-22/h1-21H. The van der Waals surface area contributed by atoms with Gasteiger partial charge in [-0.15, -0.1) is 0 Å². The maximum atomic E-state index is 6.65. The van der Waals surface area contributed by atoms with Gasteiger partial charge in [0.15, 0.2) is 0 Å². The Morgan fingerprint density at radius 1 is 0.410 bits per heavy atom. The lowest BCUT2D eigenvalue weighted by atomic mass is 9.96. The summed E-state index contributed by atoms with van der Waals surface area (Å²) in [5, 5.41) is 4.91. The summed E-state index contributed by atoms with van der Waals surface area (Å²) in [6, 6.07) is 43.9. The van der Waals surface area contributed by atoms with Gasteiger partial charge in [-0.3, -0.25) is 0 Å².